The Morgan fingerprint density at radius 3 is 2.42 bits per heavy atom. The number of rotatable bonds is 1. The second-order valence-electron chi connectivity index (χ2n) is 4.22. The Kier molecular flexibility index (Phi) is 2.76. The summed E-state index contributed by atoms with van der Waals surface area (Å²) in [5.74, 6) is 0.170. The predicted octanol–water partition coefficient (Wildman–Crippen LogP) is 2.62. The van der Waals surface area contributed by atoms with Gasteiger partial charge in [0.05, 0.1) is 12.1 Å². The SMILES string of the molecule is O=C1CC(=Nc2ccccn2)C(=O)c2ccccc21. The topological polar surface area (TPSA) is 59.4 Å². The van der Waals surface area contributed by atoms with E-state index >= 15 is 0 Å². The molecule has 19 heavy (non-hydrogen) atoms. The molecule has 1 aromatic carbocycles. The maximum Gasteiger partial charge on any atom is 0.208 e. The summed E-state index contributed by atoms with van der Waals surface area (Å²) < 4.78 is 0. The predicted molar refractivity (Wildman–Crippen MR) is 71.1 cm³/mol. The number of carbonyl (C=O) groups is 2. The quantitative estimate of drug-likeness (QED) is 0.781. The van der Waals surface area contributed by atoms with Gasteiger partial charge in [-0.3, -0.25) is 9.59 Å². The van der Waals surface area contributed by atoms with Crippen LogP contribution in [-0.2, 0) is 0 Å². The monoisotopic (exact) mass is 250 g/mol. The van der Waals surface area contributed by atoms with Gasteiger partial charge in [0, 0.05) is 17.3 Å². The van der Waals surface area contributed by atoms with Crippen LogP contribution in [0.3, 0.4) is 0 Å². The minimum atomic E-state index is -0.194. The summed E-state index contributed by atoms with van der Waals surface area (Å²) >= 11 is 0. The van der Waals surface area contributed by atoms with Gasteiger partial charge in [-0.25, -0.2) is 9.98 Å². The van der Waals surface area contributed by atoms with Crippen molar-refractivity contribution in [1.29, 1.82) is 0 Å². The number of pyridine rings is 1. The van der Waals surface area contributed by atoms with Crippen LogP contribution in [-0.4, -0.2) is 22.3 Å². The summed E-state index contributed by atoms with van der Waals surface area (Å²) in [5.41, 5.74) is 1.16. The van der Waals surface area contributed by atoms with Crippen molar-refractivity contribution >= 4 is 23.1 Å². The van der Waals surface area contributed by atoms with Crippen LogP contribution in [0, 0.1) is 0 Å². The lowest BCUT2D eigenvalue weighted by Crippen LogP contribution is -2.26. The number of aliphatic imine (C=N–C) groups is 1. The Hall–Kier alpha value is -2.62. The van der Waals surface area contributed by atoms with Crippen LogP contribution in [0.4, 0.5) is 5.82 Å². The lowest BCUT2D eigenvalue weighted by Gasteiger charge is -2.14. The van der Waals surface area contributed by atoms with E-state index in [0.717, 1.165) is 0 Å². The van der Waals surface area contributed by atoms with Crippen molar-refractivity contribution in [3.05, 3.63) is 59.8 Å². The van der Waals surface area contributed by atoms with Crippen molar-refractivity contribution in [3.63, 3.8) is 0 Å². The molecular weight excluding hydrogens is 240 g/mol. The highest BCUT2D eigenvalue weighted by Crippen LogP contribution is 2.21. The molecule has 0 aliphatic heterocycles. The Morgan fingerprint density at radius 1 is 0.947 bits per heavy atom. The van der Waals surface area contributed by atoms with Gasteiger partial charge in [-0.15, -0.1) is 0 Å². The van der Waals surface area contributed by atoms with Crippen LogP contribution in [0.25, 0.3) is 0 Å². The van der Waals surface area contributed by atoms with E-state index in [1.807, 2.05) is 0 Å². The molecule has 1 aliphatic carbocycles. The van der Waals surface area contributed by atoms with Gasteiger partial charge in [0.15, 0.2) is 11.6 Å². The molecular formula is C15H10N2O2. The number of Topliss-reactive ketones (excluding diaryl/α,β-unsaturated/α-hetero) is 2. The van der Waals surface area contributed by atoms with E-state index < -0.39 is 0 Å². The van der Waals surface area contributed by atoms with E-state index in [1.165, 1.54) is 0 Å². The summed E-state index contributed by atoms with van der Waals surface area (Å²) in [5, 5.41) is 0. The zero-order valence-electron chi connectivity index (χ0n) is 10.0. The lowest BCUT2D eigenvalue weighted by atomic mass is 9.88. The number of carbonyl (C=O) groups excluding carboxylic acids is 2. The van der Waals surface area contributed by atoms with E-state index in [-0.39, 0.29) is 23.7 Å². The first kappa shape index (κ1) is 11.5. The maximum atomic E-state index is 12.3. The van der Waals surface area contributed by atoms with Crippen LogP contribution in [0.2, 0.25) is 0 Å². The number of nitrogens with zero attached hydrogens (tertiary/aromatic N) is 2. The van der Waals surface area contributed by atoms with Gasteiger partial charge in [0.2, 0.25) is 5.78 Å². The molecule has 3 rings (SSSR count). The van der Waals surface area contributed by atoms with Crippen LogP contribution >= 0.6 is 0 Å². The van der Waals surface area contributed by atoms with Gasteiger partial charge >= 0.3 is 0 Å². The van der Waals surface area contributed by atoms with E-state index in [4.69, 9.17) is 0 Å². The second-order valence-corrected chi connectivity index (χ2v) is 4.22. The molecule has 0 atom stereocenters. The molecule has 0 bridgehead atoms. The third-order valence-corrected chi connectivity index (χ3v) is 2.96. The van der Waals surface area contributed by atoms with Crippen LogP contribution in [0.15, 0.2) is 53.7 Å². The molecule has 0 saturated heterocycles. The molecule has 0 unspecified atom stereocenters. The fourth-order valence-corrected chi connectivity index (χ4v) is 2.06. The zero-order valence-corrected chi connectivity index (χ0v) is 10.0. The van der Waals surface area contributed by atoms with Crippen molar-refractivity contribution in [3.8, 4) is 0 Å². The molecule has 1 aliphatic rings. The normalized spacial score (nSPS) is 16.5. The zero-order chi connectivity index (χ0) is 13.2. The van der Waals surface area contributed by atoms with Gasteiger partial charge in [-0.1, -0.05) is 30.3 Å². The van der Waals surface area contributed by atoms with Crippen molar-refractivity contribution in [1.82, 2.24) is 4.98 Å². The van der Waals surface area contributed by atoms with Crippen LogP contribution in [0.1, 0.15) is 27.1 Å². The Morgan fingerprint density at radius 2 is 1.68 bits per heavy atom. The summed E-state index contributed by atoms with van der Waals surface area (Å²) in [6.45, 7) is 0. The standard InChI is InChI=1S/C15H10N2O2/c18-13-9-12(17-14-7-3-4-8-16-14)15(19)11-6-2-1-5-10(11)13/h1-8H,9H2. The average molecular weight is 250 g/mol. The van der Waals surface area contributed by atoms with E-state index in [1.54, 1.807) is 48.7 Å². The third-order valence-electron chi connectivity index (χ3n) is 2.96. The number of fused-ring (bicyclic) bond motifs is 1. The highest BCUT2D eigenvalue weighted by molar-refractivity contribution is 6.53. The number of hydrogen-bond donors (Lipinski definition) is 0. The smallest absolute Gasteiger partial charge is 0.208 e. The fourth-order valence-electron chi connectivity index (χ4n) is 2.06. The van der Waals surface area contributed by atoms with Crippen LogP contribution in [0.5, 0.6) is 0 Å². The number of hydrogen-bond acceptors (Lipinski definition) is 4. The van der Waals surface area contributed by atoms with Crippen molar-refractivity contribution < 1.29 is 9.59 Å². The molecule has 0 N–H and O–H groups in total. The Balaban J connectivity index is 2.06. The minimum Gasteiger partial charge on any atom is -0.294 e. The average Bonchev–Trinajstić information content (AvgIpc) is 2.46. The molecule has 0 saturated carbocycles. The summed E-state index contributed by atoms with van der Waals surface area (Å²) in [4.78, 5) is 32.5. The first-order valence-corrected chi connectivity index (χ1v) is 5.91. The van der Waals surface area contributed by atoms with Gasteiger partial charge in [-0.2, -0.15) is 0 Å². The number of benzene rings is 1. The molecule has 0 fully saturated rings. The van der Waals surface area contributed by atoms with Gasteiger partial charge in [0.25, 0.3) is 0 Å². The first-order valence-electron chi connectivity index (χ1n) is 5.91. The van der Waals surface area contributed by atoms with Gasteiger partial charge in [0.1, 0.15) is 0 Å². The fraction of sp³-hybridized carbons (Fsp3) is 0.0667. The largest absolute Gasteiger partial charge is 0.294 e. The summed E-state index contributed by atoms with van der Waals surface area (Å²) in [6.07, 6.45) is 1.63. The molecule has 0 radical (unpaired) electrons. The highest BCUT2D eigenvalue weighted by Gasteiger charge is 2.28. The Bertz CT molecular complexity index is 690. The molecule has 4 nitrogen and oxygen atoms in total. The molecule has 0 spiro atoms. The van der Waals surface area contributed by atoms with E-state index in [9.17, 15) is 9.59 Å². The van der Waals surface area contributed by atoms with Crippen molar-refractivity contribution in [2.45, 2.75) is 6.42 Å². The molecule has 92 valence electrons. The number of aromatic nitrogens is 1. The molecule has 1 heterocycles. The van der Waals surface area contributed by atoms with Crippen LogP contribution < -0.4 is 0 Å². The molecule has 4 heteroatoms. The summed E-state index contributed by atoms with van der Waals surface area (Å²) in [6, 6.07) is 12.1. The first-order chi connectivity index (χ1) is 9.25. The van der Waals surface area contributed by atoms with Gasteiger partial charge < -0.3 is 0 Å². The van der Waals surface area contributed by atoms with Gasteiger partial charge in [-0.05, 0) is 12.1 Å². The highest BCUT2D eigenvalue weighted by atomic mass is 16.1. The van der Waals surface area contributed by atoms with Crippen molar-refractivity contribution in [2.75, 3.05) is 0 Å². The maximum absolute atomic E-state index is 12.3. The number of ketones is 2. The molecule has 2 aromatic rings. The van der Waals surface area contributed by atoms with E-state index in [0.29, 0.717) is 16.9 Å². The van der Waals surface area contributed by atoms with Crippen molar-refractivity contribution in [2.24, 2.45) is 4.99 Å². The molecule has 0 amide bonds. The van der Waals surface area contributed by atoms with E-state index in [2.05, 4.69) is 9.98 Å². The summed E-state index contributed by atoms with van der Waals surface area (Å²) in [7, 11) is 0. The lowest BCUT2D eigenvalue weighted by molar-refractivity contribution is 0.0965. The Labute approximate surface area is 109 Å². The molecule has 1 aromatic heterocycles. The minimum absolute atomic E-state index is 0.0341. The second kappa shape index (κ2) is 4.57. The third kappa shape index (κ3) is 2.08.